The maximum Gasteiger partial charge on any atom is 0.317 e. The smallest absolute Gasteiger partial charge is 0.317 e. The number of aromatic nitrogens is 2. The summed E-state index contributed by atoms with van der Waals surface area (Å²) in [5, 5.41) is 17.1. The Balaban J connectivity index is 1.69. The van der Waals surface area contributed by atoms with Crippen molar-refractivity contribution < 1.29 is 9.90 Å². The number of nitrogens with one attached hydrogen (secondary N) is 1. The summed E-state index contributed by atoms with van der Waals surface area (Å²) in [7, 11) is 0. The van der Waals surface area contributed by atoms with Gasteiger partial charge in [-0.05, 0) is 38.7 Å². The minimum Gasteiger partial charge on any atom is -0.391 e. The Morgan fingerprint density at radius 1 is 1.52 bits per heavy atom. The molecule has 2 amide bonds. The van der Waals surface area contributed by atoms with Crippen molar-refractivity contribution in [2.24, 2.45) is 5.92 Å². The molecule has 1 aliphatic heterocycles. The lowest BCUT2D eigenvalue weighted by molar-refractivity contribution is 0.0436. The van der Waals surface area contributed by atoms with E-state index < -0.39 is 6.10 Å². The van der Waals surface area contributed by atoms with Crippen molar-refractivity contribution in [1.82, 2.24) is 20.0 Å². The molecule has 1 fully saturated rings. The molecule has 6 nitrogen and oxygen atoms in total. The molecule has 2 atom stereocenters. The lowest BCUT2D eigenvalue weighted by atomic mass is 9.96. The Labute approximate surface area is 126 Å². The molecule has 0 aliphatic carbocycles. The van der Waals surface area contributed by atoms with Crippen LogP contribution in [0.3, 0.4) is 0 Å². The summed E-state index contributed by atoms with van der Waals surface area (Å²) < 4.78 is 1.97. The fourth-order valence-electron chi connectivity index (χ4n) is 2.67. The topological polar surface area (TPSA) is 70.4 Å². The quantitative estimate of drug-likeness (QED) is 0.822. The predicted octanol–water partition coefficient (Wildman–Crippen LogP) is 1.30. The van der Waals surface area contributed by atoms with Crippen LogP contribution in [0.4, 0.5) is 4.79 Å². The van der Waals surface area contributed by atoms with Crippen LogP contribution >= 0.6 is 0 Å². The van der Waals surface area contributed by atoms with E-state index in [1.54, 1.807) is 4.90 Å². The number of aliphatic hydroxyl groups is 1. The molecule has 0 aromatic carbocycles. The number of urea groups is 1. The van der Waals surface area contributed by atoms with Crippen LogP contribution < -0.4 is 5.32 Å². The van der Waals surface area contributed by atoms with Crippen LogP contribution in [0, 0.1) is 19.8 Å². The van der Waals surface area contributed by atoms with Gasteiger partial charge in [-0.2, -0.15) is 5.10 Å². The first-order valence-electron chi connectivity index (χ1n) is 7.69. The average Bonchev–Trinajstić information content (AvgIpc) is 2.76. The van der Waals surface area contributed by atoms with E-state index in [0.717, 1.165) is 37.3 Å². The number of hydrogen-bond donors (Lipinski definition) is 2. The fourth-order valence-corrected chi connectivity index (χ4v) is 2.67. The Kier molecular flexibility index (Phi) is 5.22. The van der Waals surface area contributed by atoms with Crippen LogP contribution in [-0.2, 0) is 6.54 Å². The second-order valence-corrected chi connectivity index (χ2v) is 6.02. The van der Waals surface area contributed by atoms with Crippen LogP contribution in [0.5, 0.6) is 0 Å². The van der Waals surface area contributed by atoms with Gasteiger partial charge in [0.25, 0.3) is 0 Å². The molecule has 2 N–H and O–H groups in total. The third kappa shape index (κ3) is 4.20. The summed E-state index contributed by atoms with van der Waals surface area (Å²) >= 11 is 0. The molecular formula is C15H26N4O2. The molecule has 2 heterocycles. The van der Waals surface area contributed by atoms with Crippen molar-refractivity contribution in [2.75, 3.05) is 19.6 Å². The summed E-state index contributed by atoms with van der Waals surface area (Å²) in [5.41, 5.74) is 2.17. The summed E-state index contributed by atoms with van der Waals surface area (Å²) in [6.07, 6.45) is 1.31. The Hall–Kier alpha value is -1.56. The largest absolute Gasteiger partial charge is 0.391 e. The fraction of sp³-hybridized carbons (Fsp3) is 0.733. The summed E-state index contributed by atoms with van der Waals surface area (Å²) in [4.78, 5) is 13.7. The van der Waals surface area contributed by atoms with Crippen molar-refractivity contribution in [3.05, 3.63) is 17.5 Å². The van der Waals surface area contributed by atoms with Crippen LogP contribution in [0.25, 0.3) is 0 Å². The molecule has 2 rings (SSSR count). The van der Waals surface area contributed by atoms with E-state index in [2.05, 4.69) is 16.5 Å². The third-order valence-electron chi connectivity index (χ3n) is 4.13. The number of amides is 2. The van der Waals surface area contributed by atoms with E-state index in [1.807, 2.05) is 25.5 Å². The number of rotatable bonds is 4. The molecule has 0 bridgehead atoms. The monoisotopic (exact) mass is 294 g/mol. The van der Waals surface area contributed by atoms with E-state index in [0.29, 0.717) is 13.1 Å². The van der Waals surface area contributed by atoms with E-state index in [-0.39, 0.29) is 11.9 Å². The minimum atomic E-state index is -0.404. The van der Waals surface area contributed by atoms with Crippen LogP contribution in [-0.4, -0.2) is 51.6 Å². The van der Waals surface area contributed by atoms with E-state index in [1.165, 1.54) is 0 Å². The number of carbonyl (C=O) groups is 1. The number of piperidine rings is 1. The number of nitrogens with zero attached hydrogens (tertiary/aromatic N) is 3. The maximum absolute atomic E-state index is 12.0. The van der Waals surface area contributed by atoms with Crippen LogP contribution in [0.1, 0.15) is 31.2 Å². The van der Waals surface area contributed by atoms with Gasteiger partial charge in [0, 0.05) is 31.9 Å². The van der Waals surface area contributed by atoms with Gasteiger partial charge >= 0.3 is 6.03 Å². The van der Waals surface area contributed by atoms with Crippen LogP contribution in [0.15, 0.2) is 6.07 Å². The first kappa shape index (κ1) is 15.8. The average molecular weight is 294 g/mol. The lowest BCUT2D eigenvalue weighted by Gasteiger charge is -2.34. The van der Waals surface area contributed by atoms with Gasteiger partial charge in [-0.3, -0.25) is 4.68 Å². The van der Waals surface area contributed by atoms with Crippen molar-refractivity contribution in [2.45, 2.75) is 46.3 Å². The summed E-state index contributed by atoms with van der Waals surface area (Å²) in [6.45, 7) is 8.63. The van der Waals surface area contributed by atoms with E-state index >= 15 is 0 Å². The number of β-amino-alcohol motifs (C(OH)–C–C–N with tert-alkyl or cyclic N) is 1. The predicted molar refractivity (Wildman–Crippen MR) is 81.1 cm³/mol. The molecular weight excluding hydrogens is 268 g/mol. The van der Waals surface area contributed by atoms with Gasteiger partial charge < -0.3 is 15.3 Å². The highest BCUT2D eigenvalue weighted by Crippen LogP contribution is 2.16. The Morgan fingerprint density at radius 3 is 2.90 bits per heavy atom. The molecule has 21 heavy (non-hydrogen) atoms. The lowest BCUT2D eigenvalue weighted by Crippen LogP contribution is -2.49. The zero-order chi connectivity index (χ0) is 15.4. The zero-order valence-corrected chi connectivity index (χ0v) is 13.2. The molecule has 0 spiro atoms. The highest BCUT2D eigenvalue weighted by atomic mass is 16.3. The SMILES string of the molecule is Cc1cc(C)n(CCCNC(=O)N2CCC(C)C(O)C2)n1. The molecule has 118 valence electrons. The number of likely N-dealkylation sites (tertiary alicyclic amines) is 1. The van der Waals surface area contributed by atoms with Crippen molar-refractivity contribution in [1.29, 1.82) is 0 Å². The number of aryl methyl sites for hydroxylation is 3. The molecule has 1 saturated heterocycles. The first-order chi connectivity index (χ1) is 9.97. The van der Waals surface area contributed by atoms with Gasteiger partial charge in [0.1, 0.15) is 0 Å². The molecule has 6 heteroatoms. The molecule has 1 aliphatic rings. The van der Waals surface area contributed by atoms with Gasteiger partial charge in [0.2, 0.25) is 0 Å². The molecule has 2 unspecified atom stereocenters. The van der Waals surface area contributed by atoms with Gasteiger partial charge in [-0.15, -0.1) is 0 Å². The van der Waals surface area contributed by atoms with Gasteiger partial charge in [-0.1, -0.05) is 6.92 Å². The van der Waals surface area contributed by atoms with Gasteiger partial charge in [0.05, 0.1) is 11.8 Å². The standard InChI is InChI=1S/C15H26N4O2/c1-11-5-8-18(10-14(11)20)15(21)16-6-4-7-19-13(3)9-12(2)17-19/h9,11,14,20H,4-8,10H2,1-3H3,(H,16,21). The highest BCUT2D eigenvalue weighted by Gasteiger charge is 2.26. The molecule has 0 radical (unpaired) electrons. The van der Waals surface area contributed by atoms with E-state index in [9.17, 15) is 9.90 Å². The Bertz CT molecular complexity index is 486. The number of hydrogen-bond acceptors (Lipinski definition) is 3. The summed E-state index contributed by atoms with van der Waals surface area (Å²) in [5.74, 6) is 0.278. The van der Waals surface area contributed by atoms with Gasteiger partial charge in [-0.25, -0.2) is 4.79 Å². The third-order valence-corrected chi connectivity index (χ3v) is 4.13. The minimum absolute atomic E-state index is 0.0747. The highest BCUT2D eigenvalue weighted by molar-refractivity contribution is 5.74. The first-order valence-corrected chi connectivity index (χ1v) is 7.69. The van der Waals surface area contributed by atoms with Crippen molar-refractivity contribution in [3.8, 4) is 0 Å². The second kappa shape index (κ2) is 6.93. The Morgan fingerprint density at radius 2 is 2.29 bits per heavy atom. The zero-order valence-electron chi connectivity index (χ0n) is 13.2. The maximum atomic E-state index is 12.0. The van der Waals surface area contributed by atoms with E-state index in [4.69, 9.17) is 0 Å². The number of carbonyl (C=O) groups excluding carboxylic acids is 1. The number of aliphatic hydroxyl groups excluding tert-OH is 1. The van der Waals surface area contributed by atoms with Crippen molar-refractivity contribution >= 4 is 6.03 Å². The molecule has 0 saturated carbocycles. The normalized spacial score (nSPS) is 22.4. The molecule has 1 aromatic rings. The van der Waals surface area contributed by atoms with Crippen LogP contribution in [0.2, 0.25) is 0 Å². The second-order valence-electron chi connectivity index (χ2n) is 6.02. The van der Waals surface area contributed by atoms with Crippen molar-refractivity contribution in [3.63, 3.8) is 0 Å². The molecule has 1 aromatic heterocycles. The summed E-state index contributed by atoms with van der Waals surface area (Å²) in [6, 6.07) is 1.98. The van der Waals surface area contributed by atoms with Gasteiger partial charge in [0.15, 0.2) is 0 Å².